The summed E-state index contributed by atoms with van der Waals surface area (Å²) >= 11 is 3.16. The van der Waals surface area contributed by atoms with Crippen LogP contribution in [0.25, 0.3) is 5.65 Å². The van der Waals surface area contributed by atoms with E-state index in [0.29, 0.717) is 0 Å². The first kappa shape index (κ1) is 19.1. The molecule has 1 N–H and O–H groups in total. The number of thioether (sulfide) groups is 1. The first-order chi connectivity index (χ1) is 12.6. The molecule has 0 saturated heterocycles. The number of hydrogen-bond acceptors (Lipinski definition) is 7. The molecule has 0 spiro atoms. The van der Waals surface area contributed by atoms with Gasteiger partial charge in [0.15, 0.2) is 11.5 Å². The molecule has 0 radical (unpaired) electrons. The van der Waals surface area contributed by atoms with Crippen LogP contribution in [-0.2, 0) is 6.54 Å². The van der Waals surface area contributed by atoms with E-state index in [1.165, 1.54) is 24.4 Å². The molecule has 0 bridgehead atoms. The second-order valence-electron chi connectivity index (χ2n) is 6.25. The van der Waals surface area contributed by atoms with Gasteiger partial charge in [-0.2, -0.15) is 4.37 Å². The van der Waals surface area contributed by atoms with Crippen molar-refractivity contribution in [1.29, 1.82) is 0 Å². The van der Waals surface area contributed by atoms with Gasteiger partial charge in [0.2, 0.25) is 0 Å². The maximum atomic E-state index is 4.64. The molecule has 3 heterocycles. The molecule has 140 valence electrons. The van der Waals surface area contributed by atoms with Crippen LogP contribution < -0.4 is 5.32 Å². The van der Waals surface area contributed by atoms with E-state index in [1.807, 2.05) is 19.3 Å². The summed E-state index contributed by atoms with van der Waals surface area (Å²) in [5, 5.41) is 5.52. The Balaban J connectivity index is 1.77. The van der Waals surface area contributed by atoms with E-state index in [1.54, 1.807) is 11.8 Å². The Morgan fingerprint density at radius 2 is 2.19 bits per heavy atom. The van der Waals surface area contributed by atoms with Gasteiger partial charge in [0, 0.05) is 12.7 Å². The van der Waals surface area contributed by atoms with Crippen LogP contribution in [0.2, 0.25) is 0 Å². The van der Waals surface area contributed by atoms with Crippen molar-refractivity contribution < 1.29 is 0 Å². The number of imidazole rings is 1. The molecule has 0 atom stereocenters. The van der Waals surface area contributed by atoms with Crippen LogP contribution in [0.4, 0.5) is 10.8 Å². The Hall–Kier alpha value is -1.64. The highest BCUT2D eigenvalue weighted by molar-refractivity contribution is 7.98. The van der Waals surface area contributed by atoms with Crippen LogP contribution in [-0.4, -0.2) is 43.0 Å². The van der Waals surface area contributed by atoms with Crippen LogP contribution in [0, 0.1) is 6.92 Å². The summed E-state index contributed by atoms with van der Waals surface area (Å²) in [5.41, 5.74) is 2.90. The van der Waals surface area contributed by atoms with Crippen LogP contribution in [0.5, 0.6) is 0 Å². The average Bonchev–Trinajstić information content (AvgIpc) is 3.25. The fourth-order valence-electron chi connectivity index (χ4n) is 2.84. The van der Waals surface area contributed by atoms with Gasteiger partial charge in [-0.25, -0.2) is 9.97 Å². The fourth-order valence-corrected chi connectivity index (χ4v) is 3.99. The van der Waals surface area contributed by atoms with Gasteiger partial charge >= 0.3 is 0 Å². The smallest absolute Gasteiger partial charge is 0.181 e. The Labute approximate surface area is 163 Å². The molecule has 0 fully saturated rings. The minimum atomic E-state index is 0.777. The maximum absolute atomic E-state index is 4.64. The lowest BCUT2D eigenvalue weighted by Gasteiger charge is -2.18. The predicted molar refractivity (Wildman–Crippen MR) is 111 cm³/mol. The zero-order valence-electron chi connectivity index (χ0n) is 15.8. The molecule has 0 unspecified atom stereocenters. The normalized spacial score (nSPS) is 11.6. The minimum Gasteiger partial charge on any atom is -0.328 e. The molecule has 8 heteroatoms. The highest BCUT2D eigenvalue weighted by Gasteiger charge is 2.12. The lowest BCUT2D eigenvalue weighted by molar-refractivity contribution is 0.273. The molecule has 3 rings (SSSR count). The number of rotatable bonds is 9. The average molecular weight is 391 g/mol. The molecule has 0 aliphatic carbocycles. The van der Waals surface area contributed by atoms with Crippen LogP contribution >= 0.6 is 23.3 Å². The van der Waals surface area contributed by atoms with Gasteiger partial charge in [0.1, 0.15) is 5.00 Å². The number of unbranched alkanes of at least 4 members (excludes halogenated alkanes) is 1. The molecule has 6 nitrogen and oxygen atoms in total. The number of nitrogens with zero attached hydrogens (tertiary/aromatic N) is 5. The summed E-state index contributed by atoms with van der Waals surface area (Å²) in [5.74, 6) is 0.777. The van der Waals surface area contributed by atoms with E-state index >= 15 is 0 Å². The Bertz CT molecular complexity index is 857. The van der Waals surface area contributed by atoms with Crippen LogP contribution in [0.15, 0.2) is 23.5 Å². The summed E-state index contributed by atoms with van der Waals surface area (Å²) in [6, 6.07) is 2.12. The second-order valence-corrected chi connectivity index (χ2v) is 7.89. The molecule has 3 aromatic heterocycles. The first-order valence-corrected chi connectivity index (χ1v) is 11.0. The van der Waals surface area contributed by atoms with E-state index in [2.05, 4.69) is 55.1 Å². The van der Waals surface area contributed by atoms with Gasteiger partial charge in [-0.15, -0.1) is 11.8 Å². The van der Waals surface area contributed by atoms with Crippen molar-refractivity contribution in [2.75, 3.05) is 24.7 Å². The Morgan fingerprint density at radius 1 is 1.35 bits per heavy atom. The molecular formula is C18H26N6S2. The van der Waals surface area contributed by atoms with Crippen molar-refractivity contribution in [2.45, 2.75) is 45.2 Å². The highest BCUT2D eigenvalue weighted by Crippen LogP contribution is 2.26. The van der Waals surface area contributed by atoms with Gasteiger partial charge in [0.25, 0.3) is 0 Å². The zero-order chi connectivity index (χ0) is 18.5. The third-order valence-corrected chi connectivity index (χ3v) is 5.71. The largest absolute Gasteiger partial charge is 0.328 e. The fraction of sp³-hybridized carbons (Fsp3) is 0.500. The lowest BCUT2D eigenvalue weighted by atomic mass is 10.3. The van der Waals surface area contributed by atoms with Crippen molar-refractivity contribution in [3.8, 4) is 0 Å². The molecular weight excluding hydrogens is 364 g/mol. The SMILES string of the molecule is CCCCN(CC)Cc1cc(Nc2nc(C)cn3c(SC)cnc23)sn1. The summed E-state index contributed by atoms with van der Waals surface area (Å²) in [6.07, 6.45) is 8.41. The molecule has 3 aromatic rings. The first-order valence-electron chi connectivity index (χ1n) is 8.98. The second kappa shape index (κ2) is 8.83. The number of nitrogens with one attached hydrogen (secondary N) is 1. The lowest BCUT2D eigenvalue weighted by Crippen LogP contribution is -2.24. The van der Waals surface area contributed by atoms with Gasteiger partial charge in [0.05, 0.1) is 22.6 Å². The summed E-state index contributed by atoms with van der Waals surface area (Å²) < 4.78 is 6.69. The monoisotopic (exact) mass is 390 g/mol. The minimum absolute atomic E-state index is 0.777. The van der Waals surface area contributed by atoms with Crippen LogP contribution in [0.1, 0.15) is 38.1 Å². The molecule has 0 aliphatic rings. The maximum Gasteiger partial charge on any atom is 0.181 e. The molecule has 0 aromatic carbocycles. The number of anilines is 2. The topological polar surface area (TPSA) is 58.4 Å². The number of hydrogen-bond donors (Lipinski definition) is 1. The quantitative estimate of drug-likeness (QED) is 0.540. The zero-order valence-corrected chi connectivity index (χ0v) is 17.5. The summed E-state index contributed by atoms with van der Waals surface area (Å²) in [6.45, 7) is 9.50. The van der Waals surface area contributed by atoms with Gasteiger partial charge in [-0.1, -0.05) is 20.3 Å². The Kier molecular flexibility index (Phi) is 6.50. The molecule has 26 heavy (non-hydrogen) atoms. The molecule has 0 aliphatic heterocycles. The number of aromatic nitrogens is 4. The number of aryl methyl sites for hydroxylation is 1. The van der Waals surface area contributed by atoms with Crippen molar-refractivity contribution in [1.82, 2.24) is 23.6 Å². The van der Waals surface area contributed by atoms with E-state index < -0.39 is 0 Å². The van der Waals surface area contributed by atoms with Gasteiger partial charge in [-0.05, 0) is 50.3 Å². The summed E-state index contributed by atoms with van der Waals surface area (Å²) in [7, 11) is 0. The van der Waals surface area contributed by atoms with Crippen LogP contribution in [0.3, 0.4) is 0 Å². The Morgan fingerprint density at radius 3 is 2.92 bits per heavy atom. The van der Waals surface area contributed by atoms with Gasteiger partial charge < -0.3 is 5.32 Å². The van der Waals surface area contributed by atoms with Crippen molar-refractivity contribution in [3.05, 3.63) is 29.8 Å². The molecule has 0 amide bonds. The van der Waals surface area contributed by atoms with E-state index in [4.69, 9.17) is 0 Å². The van der Waals surface area contributed by atoms with Gasteiger partial charge in [-0.3, -0.25) is 9.30 Å². The van der Waals surface area contributed by atoms with Crippen molar-refractivity contribution in [2.24, 2.45) is 0 Å². The van der Waals surface area contributed by atoms with E-state index in [9.17, 15) is 0 Å². The standard InChI is InChI=1S/C18H26N6S2/c1-5-7-8-23(6-2)12-14-9-15(26-22-14)21-17-18-19-10-16(25-4)24(18)11-13(3)20-17/h9-11H,5-8,12H2,1-4H3,(H,20,21). The summed E-state index contributed by atoms with van der Waals surface area (Å²) in [4.78, 5) is 11.6. The third kappa shape index (κ3) is 4.36. The number of fused-ring (bicyclic) bond motifs is 1. The third-order valence-electron chi connectivity index (χ3n) is 4.25. The van der Waals surface area contributed by atoms with Crippen molar-refractivity contribution in [3.63, 3.8) is 0 Å². The van der Waals surface area contributed by atoms with E-state index in [0.717, 1.165) is 52.5 Å². The van der Waals surface area contributed by atoms with Crippen molar-refractivity contribution >= 4 is 39.8 Å². The molecule has 0 saturated carbocycles. The highest BCUT2D eigenvalue weighted by atomic mass is 32.2. The predicted octanol–water partition coefficient (Wildman–Crippen LogP) is 4.58. The van der Waals surface area contributed by atoms with E-state index in [-0.39, 0.29) is 0 Å².